The first-order valence-electron chi connectivity index (χ1n) is 6.50. The first-order valence-corrected chi connectivity index (χ1v) is 6.50. The molecule has 0 aliphatic heterocycles. The molecule has 0 amide bonds. The number of hydrogen-bond acceptors (Lipinski definition) is 3. The molecule has 1 saturated carbocycles. The lowest BCUT2D eigenvalue weighted by molar-refractivity contribution is 0.0480. The van der Waals surface area contributed by atoms with Gasteiger partial charge >= 0.3 is 0 Å². The highest BCUT2D eigenvalue weighted by atomic mass is 16.5. The molecule has 1 aromatic carbocycles. The van der Waals surface area contributed by atoms with Gasteiger partial charge in [-0.1, -0.05) is 18.9 Å². The Hall–Kier alpha value is -1.35. The Balaban J connectivity index is 1.99. The van der Waals surface area contributed by atoms with Gasteiger partial charge in [0.1, 0.15) is 12.4 Å². The van der Waals surface area contributed by atoms with Gasteiger partial charge in [-0.05, 0) is 37.5 Å². The largest absolute Gasteiger partial charge is 0.496 e. The fourth-order valence-electron chi connectivity index (χ4n) is 2.36. The quantitative estimate of drug-likeness (QED) is 0.751. The Bertz CT molecular complexity index is 420. The van der Waals surface area contributed by atoms with Crippen LogP contribution >= 0.6 is 0 Å². The zero-order chi connectivity index (χ0) is 13.0. The molecule has 1 aliphatic rings. The molecule has 0 spiro atoms. The van der Waals surface area contributed by atoms with Crippen LogP contribution in [0.2, 0.25) is 0 Å². The van der Waals surface area contributed by atoms with Crippen LogP contribution in [0.5, 0.6) is 5.75 Å². The van der Waals surface area contributed by atoms with E-state index >= 15 is 0 Å². The van der Waals surface area contributed by atoms with E-state index in [-0.39, 0.29) is 18.5 Å². The molecule has 0 aromatic heterocycles. The van der Waals surface area contributed by atoms with Crippen molar-refractivity contribution in [2.45, 2.75) is 38.7 Å². The summed E-state index contributed by atoms with van der Waals surface area (Å²) in [5.41, 5.74) is 1.70. The highest BCUT2D eigenvalue weighted by molar-refractivity contribution is 5.99. The number of ketones is 1. The molecule has 98 valence electrons. The highest BCUT2D eigenvalue weighted by Crippen LogP contribution is 2.23. The van der Waals surface area contributed by atoms with E-state index in [1.54, 1.807) is 7.11 Å². The second-order valence-electron chi connectivity index (χ2n) is 4.84. The maximum atomic E-state index is 12.1. The lowest BCUT2D eigenvalue weighted by Gasteiger charge is -2.12. The zero-order valence-corrected chi connectivity index (χ0v) is 11.1. The summed E-state index contributed by atoms with van der Waals surface area (Å²) in [4.78, 5) is 12.1. The number of rotatable bonds is 5. The van der Waals surface area contributed by atoms with Crippen LogP contribution in [0.15, 0.2) is 18.2 Å². The van der Waals surface area contributed by atoms with E-state index in [0.717, 1.165) is 18.4 Å². The molecule has 0 heterocycles. The molecule has 0 N–H and O–H groups in total. The summed E-state index contributed by atoms with van der Waals surface area (Å²) in [6.07, 6.45) is 4.86. The van der Waals surface area contributed by atoms with Gasteiger partial charge in [0, 0.05) is 0 Å². The average molecular weight is 248 g/mol. The number of carbonyl (C=O) groups excluding carboxylic acids is 1. The highest BCUT2D eigenvalue weighted by Gasteiger charge is 2.18. The van der Waals surface area contributed by atoms with Crippen LogP contribution in [0, 0.1) is 6.92 Å². The van der Waals surface area contributed by atoms with Gasteiger partial charge in [-0.3, -0.25) is 4.79 Å². The van der Waals surface area contributed by atoms with Gasteiger partial charge in [-0.25, -0.2) is 0 Å². The van der Waals surface area contributed by atoms with Gasteiger partial charge in [0.2, 0.25) is 0 Å². The summed E-state index contributed by atoms with van der Waals surface area (Å²) >= 11 is 0. The third-order valence-corrected chi connectivity index (χ3v) is 3.41. The summed E-state index contributed by atoms with van der Waals surface area (Å²) in [6, 6.07) is 5.61. The van der Waals surface area contributed by atoms with Crippen LogP contribution < -0.4 is 4.74 Å². The Morgan fingerprint density at radius 2 is 2.06 bits per heavy atom. The van der Waals surface area contributed by atoms with Crippen molar-refractivity contribution in [2.75, 3.05) is 13.7 Å². The minimum atomic E-state index is -0.00116. The Labute approximate surface area is 108 Å². The topological polar surface area (TPSA) is 35.5 Å². The molecule has 18 heavy (non-hydrogen) atoms. The van der Waals surface area contributed by atoms with Crippen LogP contribution in [0.1, 0.15) is 41.6 Å². The summed E-state index contributed by atoms with van der Waals surface area (Å²) in [5.74, 6) is 0.633. The average Bonchev–Trinajstić information content (AvgIpc) is 2.88. The van der Waals surface area contributed by atoms with Gasteiger partial charge in [-0.15, -0.1) is 0 Å². The smallest absolute Gasteiger partial charge is 0.192 e. The van der Waals surface area contributed by atoms with Crippen molar-refractivity contribution in [2.24, 2.45) is 0 Å². The standard InChI is InChI=1S/C15H20O3/c1-11-7-8-13(15(9-11)17-2)14(16)10-18-12-5-3-4-6-12/h7-9,12H,3-6,10H2,1-2H3. The number of hydrogen-bond donors (Lipinski definition) is 0. The van der Waals surface area contributed by atoms with E-state index in [4.69, 9.17) is 9.47 Å². The number of ether oxygens (including phenoxy) is 2. The fourth-order valence-corrected chi connectivity index (χ4v) is 2.36. The van der Waals surface area contributed by atoms with Crippen LogP contribution in [0.4, 0.5) is 0 Å². The lowest BCUT2D eigenvalue weighted by Crippen LogP contribution is -2.16. The molecular weight excluding hydrogens is 228 g/mol. The molecule has 3 nitrogen and oxygen atoms in total. The SMILES string of the molecule is COc1cc(C)ccc1C(=O)COC1CCCC1. The van der Waals surface area contributed by atoms with Crippen molar-refractivity contribution in [3.8, 4) is 5.75 Å². The van der Waals surface area contributed by atoms with Gasteiger partial charge in [-0.2, -0.15) is 0 Å². The van der Waals surface area contributed by atoms with E-state index in [9.17, 15) is 4.79 Å². The second-order valence-corrected chi connectivity index (χ2v) is 4.84. The third kappa shape index (κ3) is 3.10. The third-order valence-electron chi connectivity index (χ3n) is 3.41. The van der Waals surface area contributed by atoms with Crippen molar-refractivity contribution in [1.82, 2.24) is 0 Å². The molecule has 0 saturated heterocycles. The second kappa shape index (κ2) is 6.01. The normalized spacial score (nSPS) is 15.9. The summed E-state index contributed by atoms with van der Waals surface area (Å²) in [7, 11) is 1.59. The fraction of sp³-hybridized carbons (Fsp3) is 0.533. The number of benzene rings is 1. The number of aryl methyl sites for hydroxylation is 1. The molecule has 0 unspecified atom stereocenters. The van der Waals surface area contributed by atoms with Crippen molar-refractivity contribution < 1.29 is 14.3 Å². The summed E-state index contributed by atoms with van der Waals surface area (Å²) < 4.78 is 10.9. The van der Waals surface area contributed by atoms with E-state index in [2.05, 4.69) is 0 Å². The van der Waals surface area contributed by atoms with Gasteiger partial charge in [0.25, 0.3) is 0 Å². The van der Waals surface area contributed by atoms with Gasteiger partial charge < -0.3 is 9.47 Å². The summed E-state index contributed by atoms with van der Waals surface area (Å²) in [6.45, 7) is 2.13. The minimum Gasteiger partial charge on any atom is -0.496 e. The van der Waals surface area contributed by atoms with Crippen molar-refractivity contribution in [3.05, 3.63) is 29.3 Å². The van der Waals surface area contributed by atoms with Crippen LogP contribution in [-0.2, 0) is 4.74 Å². The van der Waals surface area contributed by atoms with E-state index in [0.29, 0.717) is 11.3 Å². The first kappa shape index (κ1) is 13.1. The minimum absolute atomic E-state index is 0.00116. The maximum Gasteiger partial charge on any atom is 0.192 e. The molecule has 0 radical (unpaired) electrons. The van der Waals surface area contributed by atoms with Gasteiger partial charge in [0.15, 0.2) is 5.78 Å². The van der Waals surface area contributed by atoms with Crippen molar-refractivity contribution in [3.63, 3.8) is 0 Å². The predicted molar refractivity (Wildman–Crippen MR) is 70.3 cm³/mol. The van der Waals surface area contributed by atoms with E-state index in [1.165, 1.54) is 12.8 Å². The van der Waals surface area contributed by atoms with E-state index in [1.807, 2.05) is 25.1 Å². The maximum absolute atomic E-state index is 12.1. The zero-order valence-electron chi connectivity index (χ0n) is 11.1. The molecular formula is C15H20O3. The van der Waals surface area contributed by atoms with Crippen molar-refractivity contribution in [1.29, 1.82) is 0 Å². The van der Waals surface area contributed by atoms with Gasteiger partial charge in [0.05, 0.1) is 18.8 Å². The number of methoxy groups -OCH3 is 1. The Morgan fingerprint density at radius 1 is 1.33 bits per heavy atom. The molecule has 1 aliphatic carbocycles. The Morgan fingerprint density at radius 3 is 2.72 bits per heavy atom. The van der Waals surface area contributed by atoms with Crippen LogP contribution in [0.25, 0.3) is 0 Å². The lowest BCUT2D eigenvalue weighted by atomic mass is 10.1. The molecule has 0 bridgehead atoms. The first-order chi connectivity index (χ1) is 8.70. The predicted octanol–water partition coefficient (Wildman–Crippen LogP) is 3.15. The summed E-state index contributed by atoms with van der Waals surface area (Å²) in [5, 5.41) is 0. The van der Waals surface area contributed by atoms with Crippen LogP contribution in [0.3, 0.4) is 0 Å². The molecule has 2 rings (SSSR count). The van der Waals surface area contributed by atoms with E-state index < -0.39 is 0 Å². The number of Topliss-reactive ketones (excluding diaryl/α,β-unsaturated/α-hetero) is 1. The number of carbonyl (C=O) groups is 1. The molecule has 3 heteroatoms. The Kier molecular flexibility index (Phi) is 4.37. The van der Waals surface area contributed by atoms with Crippen molar-refractivity contribution >= 4 is 5.78 Å². The molecule has 1 fully saturated rings. The van der Waals surface area contributed by atoms with Crippen LogP contribution in [-0.4, -0.2) is 25.6 Å². The molecule has 1 aromatic rings. The molecule has 0 atom stereocenters. The monoisotopic (exact) mass is 248 g/mol.